The maximum Gasteiger partial charge on any atom is 0.333 e. The molecule has 0 fully saturated rings. The molecule has 2 aromatic rings. The van der Waals surface area contributed by atoms with Gasteiger partial charge in [-0.3, -0.25) is 0 Å². The van der Waals surface area contributed by atoms with Crippen LogP contribution in [-0.2, 0) is 22.4 Å². The highest BCUT2D eigenvalue weighted by atomic mass is 16.5. The summed E-state index contributed by atoms with van der Waals surface area (Å²) in [5.74, 6) is -0.275. The summed E-state index contributed by atoms with van der Waals surface area (Å²) >= 11 is 0. The number of nitrogens with one attached hydrogen (secondary N) is 1. The first-order chi connectivity index (χ1) is 17.5. The topological polar surface area (TPSA) is 88.1 Å². The number of amides is 2. The molecule has 2 aromatic carbocycles. The van der Waals surface area contributed by atoms with Gasteiger partial charge in [0.25, 0.3) is 0 Å². The summed E-state index contributed by atoms with van der Waals surface area (Å²) < 4.78 is 11.2. The predicted octanol–water partition coefficient (Wildman–Crippen LogP) is 5.32. The Labute approximate surface area is 215 Å². The number of rotatable bonds is 18. The molecule has 0 aromatic heterocycles. The highest BCUT2D eigenvalue weighted by Gasteiger charge is 2.18. The standard InChI is InChI=1S/C29H42N2O5/c1-3-5-6-7-11-20-31(29(34)30-19-18-24-12-9-8-10-13-24)21-22-36-26-16-14-25(15-17-26)23-27(28(32)33)35-4-2/h8-10,12-17,27H,3-7,11,18-23H2,1-2H3,(H,30,34)(H,32,33). The minimum atomic E-state index is -0.964. The summed E-state index contributed by atoms with van der Waals surface area (Å²) in [5, 5.41) is 12.3. The summed E-state index contributed by atoms with van der Waals surface area (Å²) in [6, 6.07) is 17.4. The number of carbonyl (C=O) groups is 2. The fraction of sp³-hybridized carbons (Fsp3) is 0.517. The van der Waals surface area contributed by atoms with Crippen molar-refractivity contribution in [3.8, 4) is 5.75 Å². The molecule has 0 heterocycles. The molecule has 1 atom stereocenters. The summed E-state index contributed by atoms with van der Waals surface area (Å²) in [7, 11) is 0. The van der Waals surface area contributed by atoms with Gasteiger partial charge in [-0.1, -0.05) is 75.1 Å². The van der Waals surface area contributed by atoms with E-state index in [1.54, 1.807) is 6.92 Å². The Kier molecular flexibility index (Phi) is 14.1. The number of aliphatic carboxylic acids is 1. The summed E-state index contributed by atoms with van der Waals surface area (Å²) in [6.45, 7) is 6.51. The molecule has 2 N–H and O–H groups in total. The molecule has 0 aliphatic heterocycles. The van der Waals surface area contributed by atoms with E-state index in [0.717, 1.165) is 24.8 Å². The van der Waals surface area contributed by atoms with Crippen LogP contribution in [0, 0.1) is 0 Å². The third kappa shape index (κ3) is 11.6. The van der Waals surface area contributed by atoms with Gasteiger partial charge in [-0.25, -0.2) is 9.59 Å². The highest BCUT2D eigenvalue weighted by molar-refractivity contribution is 5.74. The van der Waals surface area contributed by atoms with Gasteiger partial charge in [-0.2, -0.15) is 0 Å². The first-order valence-electron chi connectivity index (χ1n) is 13.2. The van der Waals surface area contributed by atoms with Gasteiger partial charge in [0.1, 0.15) is 12.4 Å². The number of hydrogen-bond acceptors (Lipinski definition) is 4. The number of carboxylic acid groups (broad SMARTS) is 1. The highest BCUT2D eigenvalue weighted by Crippen LogP contribution is 2.15. The molecular weight excluding hydrogens is 456 g/mol. The quantitative estimate of drug-likeness (QED) is 0.272. The number of ether oxygens (including phenoxy) is 2. The average molecular weight is 499 g/mol. The van der Waals surface area contributed by atoms with Crippen molar-refractivity contribution in [2.24, 2.45) is 0 Å². The van der Waals surface area contributed by atoms with Crippen LogP contribution in [0.1, 0.15) is 57.1 Å². The number of hydrogen-bond donors (Lipinski definition) is 2. The van der Waals surface area contributed by atoms with Gasteiger partial charge in [0, 0.05) is 26.1 Å². The minimum absolute atomic E-state index is 0.0593. The van der Waals surface area contributed by atoms with Crippen molar-refractivity contribution >= 4 is 12.0 Å². The van der Waals surface area contributed by atoms with E-state index >= 15 is 0 Å². The van der Waals surface area contributed by atoms with Gasteiger partial charge >= 0.3 is 12.0 Å². The second-order valence-electron chi connectivity index (χ2n) is 8.85. The van der Waals surface area contributed by atoms with Gasteiger partial charge in [-0.15, -0.1) is 0 Å². The van der Waals surface area contributed by atoms with Crippen LogP contribution in [0.2, 0.25) is 0 Å². The molecule has 2 rings (SSSR count). The van der Waals surface area contributed by atoms with E-state index in [1.807, 2.05) is 47.4 Å². The van der Waals surface area contributed by atoms with Gasteiger partial charge in [0.05, 0.1) is 6.54 Å². The second-order valence-corrected chi connectivity index (χ2v) is 8.85. The number of unbranched alkanes of at least 4 members (excludes halogenated alkanes) is 4. The molecule has 7 nitrogen and oxygen atoms in total. The van der Waals surface area contributed by atoms with Crippen LogP contribution in [0.25, 0.3) is 0 Å². The smallest absolute Gasteiger partial charge is 0.333 e. The fourth-order valence-electron chi connectivity index (χ4n) is 3.92. The Morgan fingerprint density at radius 2 is 1.64 bits per heavy atom. The molecule has 0 bridgehead atoms. The maximum absolute atomic E-state index is 12.9. The molecule has 0 spiro atoms. The lowest BCUT2D eigenvalue weighted by atomic mass is 10.1. The fourth-order valence-corrected chi connectivity index (χ4v) is 3.92. The van der Waals surface area contributed by atoms with Crippen molar-refractivity contribution in [2.45, 2.75) is 64.9 Å². The van der Waals surface area contributed by atoms with Crippen molar-refractivity contribution in [1.82, 2.24) is 10.2 Å². The van der Waals surface area contributed by atoms with E-state index < -0.39 is 12.1 Å². The minimum Gasteiger partial charge on any atom is -0.492 e. The van der Waals surface area contributed by atoms with Gasteiger partial charge < -0.3 is 24.8 Å². The van der Waals surface area contributed by atoms with Crippen molar-refractivity contribution in [1.29, 1.82) is 0 Å². The first-order valence-corrected chi connectivity index (χ1v) is 13.2. The first kappa shape index (κ1) is 29.2. The van der Waals surface area contributed by atoms with E-state index in [9.17, 15) is 14.7 Å². The van der Waals surface area contributed by atoms with Crippen LogP contribution in [-0.4, -0.2) is 61.0 Å². The lowest BCUT2D eigenvalue weighted by Crippen LogP contribution is -2.43. The Balaban J connectivity index is 1.83. The van der Waals surface area contributed by atoms with Gasteiger partial charge in [-0.05, 0) is 43.0 Å². The van der Waals surface area contributed by atoms with E-state index in [-0.39, 0.29) is 6.03 Å². The average Bonchev–Trinajstić information content (AvgIpc) is 2.88. The van der Waals surface area contributed by atoms with Crippen molar-refractivity contribution in [3.63, 3.8) is 0 Å². The normalized spacial score (nSPS) is 11.6. The van der Waals surface area contributed by atoms with Crippen LogP contribution in [0.15, 0.2) is 54.6 Å². The molecule has 198 valence electrons. The summed E-state index contributed by atoms with van der Waals surface area (Å²) in [6.07, 6.45) is 5.94. The third-order valence-electron chi connectivity index (χ3n) is 5.97. The Hall–Kier alpha value is -3.06. The molecule has 0 aliphatic rings. The molecule has 0 saturated heterocycles. The van der Waals surface area contributed by atoms with E-state index in [0.29, 0.717) is 45.0 Å². The van der Waals surface area contributed by atoms with Crippen LogP contribution >= 0.6 is 0 Å². The van der Waals surface area contributed by atoms with Crippen LogP contribution in [0.3, 0.4) is 0 Å². The number of benzene rings is 2. The number of carboxylic acids is 1. The molecular formula is C29H42N2O5. The van der Waals surface area contributed by atoms with Crippen molar-refractivity contribution in [2.75, 3.05) is 32.8 Å². The number of nitrogens with zero attached hydrogens (tertiary/aromatic N) is 1. The largest absolute Gasteiger partial charge is 0.492 e. The van der Waals surface area contributed by atoms with E-state index in [4.69, 9.17) is 9.47 Å². The zero-order chi connectivity index (χ0) is 26.0. The molecule has 1 unspecified atom stereocenters. The Morgan fingerprint density at radius 1 is 0.917 bits per heavy atom. The lowest BCUT2D eigenvalue weighted by Gasteiger charge is -2.23. The molecule has 36 heavy (non-hydrogen) atoms. The molecule has 2 amide bonds. The summed E-state index contributed by atoms with van der Waals surface area (Å²) in [4.78, 5) is 26.0. The van der Waals surface area contributed by atoms with Crippen LogP contribution < -0.4 is 10.1 Å². The SMILES string of the molecule is CCCCCCCN(CCOc1ccc(CC(OCC)C(=O)O)cc1)C(=O)NCCc1ccccc1. The lowest BCUT2D eigenvalue weighted by molar-refractivity contribution is -0.149. The molecule has 0 saturated carbocycles. The zero-order valence-electron chi connectivity index (χ0n) is 21.8. The third-order valence-corrected chi connectivity index (χ3v) is 5.97. The molecule has 0 aliphatic carbocycles. The second kappa shape index (κ2) is 17.4. The summed E-state index contributed by atoms with van der Waals surface area (Å²) in [5.41, 5.74) is 2.07. The van der Waals surface area contributed by atoms with E-state index in [1.165, 1.54) is 24.8 Å². The van der Waals surface area contributed by atoms with Crippen LogP contribution in [0.4, 0.5) is 4.79 Å². The monoisotopic (exact) mass is 498 g/mol. The predicted molar refractivity (Wildman–Crippen MR) is 143 cm³/mol. The number of carbonyl (C=O) groups excluding carboxylic acids is 1. The molecule has 7 heteroatoms. The Morgan fingerprint density at radius 3 is 2.31 bits per heavy atom. The van der Waals surface area contributed by atoms with Crippen molar-refractivity contribution in [3.05, 3.63) is 65.7 Å². The maximum atomic E-state index is 12.9. The molecule has 0 radical (unpaired) electrons. The zero-order valence-corrected chi connectivity index (χ0v) is 21.8. The van der Waals surface area contributed by atoms with Crippen molar-refractivity contribution < 1.29 is 24.2 Å². The van der Waals surface area contributed by atoms with E-state index in [2.05, 4.69) is 24.4 Å². The van der Waals surface area contributed by atoms with Gasteiger partial charge in [0.15, 0.2) is 6.10 Å². The number of urea groups is 1. The van der Waals surface area contributed by atoms with Crippen LogP contribution in [0.5, 0.6) is 5.75 Å². The Bertz CT molecular complexity index is 873. The van der Waals surface area contributed by atoms with Gasteiger partial charge in [0.2, 0.25) is 0 Å².